The van der Waals surface area contributed by atoms with Gasteiger partial charge in [-0.1, -0.05) is 36.0 Å². The Morgan fingerprint density at radius 1 is 1.20 bits per heavy atom. The minimum Gasteiger partial charge on any atom is -0.369 e. The molecule has 2 aliphatic heterocycles. The van der Waals surface area contributed by atoms with Crippen molar-refractivity contribution in [2.24, 2.45) is 10.9 Å². The third-order valence-corrected chi connectivity index (χ3v) is 7.61. The van der Waals surface area contributed by atoms with E-state index < -0.39 is 17.2 Å². The summed E-state index contributed by atoms with van der Waals surface area (Å²) in [5.74, 6) is -1.12. The van der Waals surface area contributed by atoms with E-state index in [1.54, 1.807) is 30.5 Å². The summed E-state index contributed by atoms with van der Waals surface area (Å²) >= 11 is 1.43. The average Bonchev–Trinajstić information content (AvgIpc) is 3.34. The maximum Gasteiger partial charge on any atom is 0.257 e. The number of amidine groups is 1. The average molecular weight is 497 g/mol. The Labute approximate surface area is 206 Å². The number of amides is 1. The molecule has 1 saturated heterocycles. The van der Waals surface area contributed by atoms with E-state index in [0.29, 0.717) is 22.9 Å². The zero-order chi connectivity index (χ0) is 24.6. The van der Waals surface area contributed by atoms with Crippen LogP contribution in [0.3, 0.4) is 0 Å². The number of nitrogens with one attached hydrogen (secondary N) is 1. The van der Waals surface area contributed by atoms with Gasteiger partial charge in [0.2, 0.25) is 0 Å². The van der Waals surface area contributed by atoms with Crippen LogP contribution in [0.1, 0.15) is 54.0 Å². The van der Waals surface area contributed by atoms with Crippen molar-refractivity contribution in [2.45, 2.75) is 38.0 Å². The number of fused-ring (bicyclic) bond motifs is 1. The molecule has 1 aromatic heterocycles. The van der Waals surface area contributed by atoms with E-state index in [0.717, 1.165) is 11.8 Å². The Morgan fingerprint density at radius 3 is 2.74 bits per heavy atom. The van der Waals surface area contributed by atoms with Crippen molar-refractivity contribution in [3.63, 3.8) is 0 Å². The molecule has 1 amide bonds. The van der Waals surface area contributed by atoms with Crippen LogP contribution in [0.2, 0.25) is 0 Å². The highest BCUT2D eigenvalue weighted by Gasteiger charge is 2.50. The smallest absolute Gasteiger partial charge is 0.257 e. The fourth-order valence-corrected chi connectivity index (χ4v) is 5.99. The lowest BCUT2D eigenvalue weighted by Gasteiger charge is -2.46. The third kappa shape index (κ3) is 4.50. The van der Waals surface area contributed by atoms with E-state index in [1.165, 1.54) is 23.9 Å². The van der Waals surface area contributed by atoms with Gasteiger partial charge in [-0.15, -0.1) is 0 Å². The maximum absolute atomic E-state index is 15.1. The Hall–Kier alpha value is -3.04. The van der Waals surface area contributed by atoms with E-state index in [9.17, 15) is 9.18 Å². The molecule has 6 nitrogen and oxygen atoms in total. The largest absolute Gasteiger partial charge is 0.369 e. The lowest BCUT2D eigenvalue weighted by atomic mass is 9.74. The molecule has 0 spiro atoms. The van der Waals surface area contributed by atoms with Crippen LogP contribution in [0.15, 0.2) is 65.8 Å². The lowest BCUT2D eigenvalue weighted by molar-refractivity contribution is -0.0628. The molecule has 2 aliphatic rings. The van der Waals surface area contributed by atoms with Gasteiger partial charge in [0.15, 0.2) is 5.17 Å². The van der Waals surface area contributed by atoms with Gasteiger partial charge in [0.25, 0.3) is 5.91 Å². The van der Waals surface area contributed by atoms with E-state index in [2.05, 4.69) is 24.3 Å². The first kappa shape index (κ1) is 23.7. The first-order valence-corrected chi connectivity index (χ1v) is 12.6. The Bertz CT molecular complexity index is 1260. The topological polar surface area (TPSA) is 68.5 Å². The molecule has 1 N–H and O–H groups in total. The highest BCUT2D eigenvalue weighted by molar-refractivity contribution is 8.13. The highest BCUT2D eigenvalue weighted by Crippen LogP contribution is 2.50. The van der Waals surface area contributed by atoms with Gasteiger partial charge in [0.1, 0.15) is 17.2 Å². The van der Waals surface area contributed by atoms with Crippen LogP contribution in [-0.4, -0.2) is 33.2 Å². The van der Waals surface area contributed by atoms with Crippen LogP contribution in [0.5, 0.6) is 0 Å². The standard InChI is InChI=1S/C26H26F2N4O2S/c1-16(2)32-22(10-11-29-32)23-12-18-14-35-25(30-24(33)17-6-4-3-5-7-17)31-26(18,15-34-23)20-9-8-19(27)13-21(20)28/h3-11,13,16,18,23H,12,14-15H2,1-2H3,(H,30,31,33)/t18-,23+,26-/m0/s1. The number of thioether (sulfide) groups is 1. The third-order valence-electron chi connectivity index (χ3n) is 6.57. The normalized spacial score (nSPS) is 24.1. The number of aromatic nitrogens is 2. The molecule has 3 heterocycles. The van der Waals surface area contributed by atoms with Gasteiger partial charge in [0, 0.05) is 41.1 Å². The molecule has 0 bridgehead atoms. The molecule has 35 heavy (non-hydrogen) atoms. The second kappa shape index (κ2) is 9.54. The molecule has 1 fully saturated rings. The number of hydrogen-bond acceptors (Lipinski definition) is 5. The summed E-state index contributed by atoms with van der Waals surface area (Å²) in [5, 5.41) is 7.68. The number of rotatable bonds is 4. The molecule has 0 unspecified atom stereocenters. The Morgan fingerprint density at radius 2 is 2.00 bits per heavy atom. The van der Waals surface area contributed by atoms with Crippen LogP contribution in [0, 0.1) is 17.6 Å². The molecule has 9 heteroatoms. The van der Waals surface area contributed by atoms with Gasteiger partial charge in [-0.05, 0) is 44.5 Å². The van der Waals surface area contributed by atoms with Gasteiger partial charge in [-0.25, -0.2) is 13.8 Å². The van der Waals surface area contributed by atoms with Gasteiger partial charge >= 0.3 is 0 Å². The quantitative estimate of drug-likeness (QED) is 0.536. The lowest BCUT2D eigenvalue weighted by Crippen LogP contribution is -2.50. The number of carbonyl (C=O) groups excluding carboxylic acids is 1. The Balaban J connectivity index is 1.50. The minimum atomic E-state index is -1.08. The van der Waals surface area contributed by atoms with Crippen molar-refractivity contribution < 1.29 is 18.3 Å². The van der Waals surface area contributed by atoms with E-state index in [-0.39, 0.29) is 36.1 Å². The van der Waals surface area contributed by atoms with Gasteiger partial charge in [0.05, 0.1) is 18.4 Å². The fourth-order valence-electron chi connectivity index (χ4n) is 4.83. The first-order chi connectivity index (χ1) is 16.9. The van der Waals surface area contributed by atoms with E-state index in [4.69, 9.17) is 9.73 Å². The van der Waals surface area contributed by atoms with Crippen molar-refractivity contribution in [2.75, 3.05) is 12.4 Å². The van der Waals surface area contributed by atoms with Gasteiger partial charge < -0.3 is 10.1 Å². The molecule has 3 atom stereocenters. The maximum atomic E-state index is 15.1. The molecular weight excluding hydrogens is 470 g/mol. The number of aliphatic imine (C=N–C) groups is 1. The molecule has 0 saturated carbocycles. The summed E-state index contributed by atoms with van der Waals surface area (Å²) in [6.45, 7) is 4.21. The zero-order valence-corrected chi connectivity index (χ0v) is 20.3. The monoisotopic (exact) mass is 496 g/mol. The van der Waals surface area contributed by atoms with Gasteiger partial charge in [-0.3, -0.25) is 9.48 Å². The molecule has 0 radical (unpaired) electrons. The SMILES string of the molecule is CC(C)n1nccc1[C@H]1C[C@H]2CSC(NC(=O)c3ccccc3)=N[C@@]2(c2ccc(F)cc2F)CO1. The number of carbonyl (C=O) groups is 1. The minimum absolute atomic E-state index is 0.0967. The molecule has 2 aromatic carbocycles. The fraction of sp³-hybridized carbons (Fsp3) is 0.346. The molecule has 5 rings (SSSR count). The molecular formula is C26H26F2N4O2S. The van der Waals surface area contributed by atoms with E-state index in [1.807, 2.05) is 16.8 Å². The van der Waals surface area contributed by atoms with Crippen molar-refractivity contribution >= 4 is 22.8 Å². The van der Waals surface area contributed by atoms with Crippen LogP contribution in [-0.2, 0) is 10.3 Å². The number of hydrogen-bond donors (Lipinski definition) is 1. The number of ether oxygens (including phenoxy) is 1. The van der Waals surface area contributed by atoms with E-state index >= 15 is 4.39 Å². The number of nitrogens with zero attached hydrogens (tertiary/aromatic N) is 3. The van der Waals surface area contributed by atoms with Gasteiger partial charge in [-0.2, -0.15) is 5.10 Å². The summed E-state index contributed by atoms with van der Waals surface area (Å²) < 4.78 is 37.1. The van der Waals surface area contributed by atoms with Crippen LogP contribution < -0.4 is 5.32 Å². The predicted molar refractivity (Wildman–Crippen MR) is 131 cm³/mol. The van der Waals surface area contributed by atoms with Crippen LogP contribution in [0.25, 0.3) is 0 Å². The van der Waals surface area contributed by atoms with Crippen LogP contribution in [0.4, 0.5) is 8.78 Å². The summed E-state index contributed by atoms with van der Waals surface area (Å²) in [4.78, 5) is 17.6. The summed E-state index contributed by atoms with van der Waals surface area (Å²) in [5.41, 5.74) is 0.653. The predicted octanol–water partition coefficient (Wildman–Crippen LogP) is 5.25. The Kier molecular flexibility index (Phi) is 6.46. The second-order valence-electron chi connectivity index (χ2n) is 9.12. The van der Waals surface area contributed by atoms with Crippen molar-refractivity contribution in [1.29, 1.82) is 0 Å². The van der Waals surface area contributed by atoms with Crippen molar-refractivity contribution in [3.05, 3.63) is 89.2 Å². The summed E-state index contributed by atoms with van der Waals surface area (Å²) in [6, 6.07) is 14.5. The molecule has 3 aromatic rings. The molecule has 0 aliphatic carbocycles. The number of benzene rings is 2. The second-order valence-corrected chi connectivity index (χ2v) is 10.1. The van der Waals surface area contributed by atoms with Crippen molar-refractivity contribution in [1.82, 2.24) is 15.1 Å². The van der Waals surface area contributed by atoms with Crippen molar-refractivity contribution in [3.8, 4) is 0 Å². The summed E-state index contributed by atoms with van der Waals surface area (Å²) in [7, 11) is 0. The van der Waals surface area contributed by atoms with Crippen LogP contribution >= 0.6 is 11.8 Å². The zero-order valence-electron chi connectivity index (χ0n) is 19.4. The summed E-state index contributed by atoms with van der Waals surface area (Å²) in [6.07, 6.45) is 2.12. The first-order valence-electron chi connectivity index (χ1n) is 11.6. The molecule has 182 valence electrons. The number of halogens is 2. The highest BCUT2D eigenvalue weighted by atomic mass is 32.2.